The molecular weight excluding hydrogens is 368 g/mol. The van der Waals surface area contributed by atoms with E-state index < -0.39 is 0 Å². The number of rotatable bonds is 4. The first-order chi connectivity index (χ1) is 14.8. The van der Waals surface area contributed by atoms with E-state index in [9.17, 15) is 0 Å². The second-order valence-corrected chi connectivity index (χ2v) is 9.04. The Balaban J connectivity index is 1.22. The van der Waals surface area contributed by atoms with Crippen molar-refractivity contribution < 1.29 is 0 Å². The molecule has 2 aliphatic heterocycles. The summed E-state index contributed by atoms with van der Waals surface area (Å²) in [6, 6.07) is 14.0. The van der Waals surface area contributed by atoms with Gasteiger partial charge in [-0.1, -0.05) is 37.1 Å². The van der Waals surface area contributed by atoms with Crippen molar-refractivity contribution in [2.75, 3.05) is 6.54 Å². The van der Waals surface area contributed by atoms with Gasteiger partial charge < -0.3 is 10.3 Å². The van der Waals surface area contributed by atoms with Crippen molar-refractivity contribution in [3.63, 3.8) is 0 Å². The molecule has 4 heteroatoms. The molecule has 0 amide bonds. The van der Waals surface area contributed by atoms with Gasteiger partial charge in [-0.15, -0.1) is 0 Å². The van der Waals surface area contributed by atoms with Crippen LogP contribution in [0.1, 0.15) is 62.3 Å². The summed E-state index contributed by atoms with van der Waals surface area (Å²) < 4.78 is 0. The molecule has 1 aliphatic carbocycles. The van der Waals surface area contributed by atoms with Crippen molar-refractivity contribution in [3.8, 4) is 11.3 Å². The molecule has 2 N–H and O–H groups in total. The van der Waals surface area contributed by atoms with Gasteiger partial charge in [-0.05, 0) is 66.3 Å². The minimum Gasteiger partial charge on any atom is -0.342 e. The molecule has 2 aromatic carbocycles. The van der Waals surface area contributed by atoms with E-state index in [0.29, 0.717) is 12.0 Å². The normalized spacial score (nSPS) is 22.1. The second kappa shape index (κ2) is 7.51. The van der Waals surface area contributed by atoms with E-state index in [-0.39, 0.29) is 0 Å². The van der Waals surface area contributed by atoms with Crippen molar-refractivity contribution >= 4 is 22.1 Å². The van der Waals surface area contributed by atoms with Crippen molar-refractivity contribution in [1.29, 1.82) is 0 Å². The van der Waals surface area contributed by atoms with Crippen LogP contribution >= 0.6 is 0 Å². The van der Waals surface area contributed by atoms with Gasteiger partial charge in [0.2, 0.25) is 0 Å². The van der Waals surface area contributed by atoms with Gasteiger partial charge in [0.05, 0.1) is 11.9 Å². The summed E-state index contributed by atoms with van der Waals surface area (Å²) in [6.07, 6.45) is 12.7. The maximum atomic E-state index is 4.73. The molecule has 4 nitrogen and oxygen atoms in total. The van der Waals surface area contributed by atoms with Crippen LogP contribution in [0.3, 0.4) is 0 Å². The predicted molar refractivity (Wildman–Crippen MR) is 124 cm³/mol. The number of nitrogens with zero attached hydrogens (tertiary/aromatic N) is 2. The number of H-pyrrole nitrogens is 1. The molecule has 0 bridgehead atoms. The molecule has 1 atom stereocenters. The number of imidazole rings is 1. The highest BCUT2D eigenvalue weighted by atomic mass is 15.0. The van der Waals surface area contributed by atoms with Crippen LogP contribution in [-0.2, 0) is 0 Å². The van der Waals surface area contributed by atoms with E-state index in [4.69, 9.17) is 4.99 Å². The molecule has 30 heavy (non-hydrogen) atoms. The smallest absolute Gasteiger partial charge is 0.109 e. The summed E-state index contributed by atoms with van der Waals surface area (Å²) >= 11 is 0. The van der Waals surface area contributed by atoms with Crippen LogP contribution in [0.5, 0.6) is 0 Å². The van der Waals surface area contributed by atoms with Gasteiger partial charge in [-0.2, -0.15) is 0 Å². The van der Waals surface area contributed by atoms with Crippen LogP contribution in [0.25, 0.3) is 27.6 Å². The topological polar surface area (TPSA) is 53.1 Å². The molecule has 1 saturated heterocycles. The van der Waals surface area contributed by atoms with Crippen molar-refractivity contribution in [2.45, 2.75) is 56.9 Å². The number of aliphatic imine (C=N–C) groups is 1. The minimum absolute atomic E-state index is 0.477. The van der Waals surface area contributed by atoms with Crippen LogP contribution in [0, 0.1) is 0 Å². The summed E-state index contributed by atoms with van der Waals surface area (Å²) in [5.74, 6) is 1.78. The number of aromatic amines is 1. The Morgan fingerprint density at radius 3 is 2.47 bits per heavy atom. The fraction of sp³-hybridized carbons (Fsp3) is 0.385. The summed E-state index contributed by atoms with van der Waals surface area (Å²) in [5, 5.41) is 6.12. The fourth-order valence-corrected chi connectivity index (χ4v) is 5.31. The van der Waals surface area contributed by atoms with Gasteiger partial charge >= 0.3 is 0 Å². The van der Waals surface area contributed by atoms with E-state index in [1.807, 2.05) is 6.20 Å². The maximum absolute atomic E-state index is 4.73. The zero-order valence-corrected chi connectivity index (χ0v) is 17.3. The third-order valence-electron chi connectivity index (χ3n) is 7.08. The summed E-state index contributed by atoms with van der Waals surface area (Å²) in [4.78, 5) is 13.0. The number of nitrogens with one attached hydrogen (secondary N) is 2. The Hall–Kier alpha value is -2.72. The van der Waals surface area contributed by atoms with Crippen LogP contribution in [-0.4, -0.2) is 28.3 Å². The molecule has 0 unspecified atom stereocenters. The highest BCUT2D eigenvalue weighted by Gasteiger charge is 2.24. The zero-order chi connectivity index (χ0) is 19.9. The van der Waals surface area contributed by atoms with Gasteiger partial charge in [-0.3, -0.25) is 4.99 Å². The Morgan fingerprint density at radius 2 is 1.67 bits per heavy atom. The summed E-state index contributed by atoms with van der Waals surface area (Å²) in [6.45, 7) is 1.12. The molecule has 152 valence electrons. The van der Waals surface area contributed by atoms with Gasteiger partial charge in [0.15, 0.2) is 0 Å². The van der Waals surface area contributed by atoms with E-state index in [0.717, 1.165) is 18.7 Å². The van der Waals surface area contributed by atoms with E-state index in [2.05, 4.69) is 57.9 Å². The molecule has 6 rings (SSSR count). The number of hydrogen-bond donors (Lipinski definition) is 2. The van der Waals surface area contributed by atoms with Crippen LogP contribution in [0.15, 0.2) is 53.8 Å². The number of allylic oxidation sites excluding steroid dienone is 1. The third kappa shape index (κ3) is 3.29. The third-order valence-corrected chi connectivity index (χ3v) is 7.08. The van der Waals surface area contributed by atoms with Crippen LogP contribution < -0.4 is 5.32 Å². The Labute approximate surface area is 177 Å². The first-order valence-corrected chi connectivity index (χ1v) is 11.4. The molecule has 3 aromatic rings. The molecule has 2 fully saturated rings. The van der Waals surface area contributed by atoms with Crippen molar-refractivity contribution in [3.05, 3.63) is 60.2 Å². The monoisotopic (exact) mass is 396 g/mol. The quantitative estimate of drug-likeness (QED) is 0.583. The summed E-state index contributed by atoms with van der Waals surface area (Å²) in [7, 11) is 0. The number of hydrogen-bond acceptors (Lipinski definition) is 3. The largest absolute Gasteiger partial charge is 0.342 e. The van der Waals surface area contributed by atoms with Gasteiger partial charge in [-0.25, -0.2) is 4.98 Å². The Kier molecular flexibility index (Phi) is 4.53. The van der Waals surface area contributed by atoms with Gasteiger partial charge in [0.25, 0.3) is 0 Å². The Morgan fingerprint density at radius 1 is 0.867 bits per heavy atom. The first kappa shape index (κ1) is 18.1. The van der Waals surface area contributed by atoms with Crippen LogP contribution in [0.2, 0.25) is 0 Å². The lowest BCUT2D eigenvalue weighted by molar-refractivity contribution is 0.679. The van der Waals surface area contributed by atoms with Gasteiger partial charge in [0.1, 0.15) is 5.82 Å². The van der Waals surface area contributed by atoms with E-state index >= 15 is 0 Å². The molecule has 0 spiro atoms. The minimum atomic E-state index is 0.477. The molecule has 0 radical (unpaired) electrons. The molecule has 3 heterocycles. The Bertz CT molecular complexity index is 1140. The molecular formula is C26H28N4. The predicted octanol–water partition coefficient (Wildman–Crippen LogP) is 5.83. The van der Waals surface area contributed by atoms with Crippen molar-refractivity contribution in [2.24, 2.45) is 4.99 Å². The standard InChI is InChI=1S/C26H28N4/c1-2-5-17(4-1)26-29-16-25(30-26)21-10-9-18-12-20(8-7-19(18)13-21)22-14-24(28-15-22)23-6-3-11-27-23/h7-10,12-13,15-17,23,27H,1-6,11,14H2,(H,29,30)/t23-/m0/s1. The molecule has 1 saturated carbocycles. The average molecular weight is 397 g/mol. The highest BCUT2D eigenvalue weighted by Crippen LogP contribution is 2.34. The zero-order valence-electron chi connectivity index (χ0n) is 17.3. The summed E-state index contributed by atoms with van der Waals surface area (Å²) in [5.41, 5.74) is 6.26. The van der Waals surface area contributed by atoms with E-state index in [1.54, 1.807) is 0 Å². The lowest BCUT2D eigenvalue weighted by Gasteiger charge is -2.11. The number of fused-ring (bicyclic) bond motifs is 1. The average Bonchev–Trinajstić information content (AvgIpc) is 3.58. The molecule has 1 aromatic heterocycles. The van der Waals surface area contributed by atoms with Crippen molar-refractivity contribution in [1.82, 2.24) is 15.3 Å². The maximum Gasteiger partial charge on any atom is 0.109 e. The second-order valence-electron chi connectivity index (χ2n) is 9.04. The van der Waals surface area contributed by atoms with E-state index in [1.165, 1.54) is 77.5 Å². The highest BCUT2D eigenvalue weighted by molar-refractivity contribution is 6.02. The molecule has 3 aliphatic rings. The number of aromatic nitrogens is 2. The SMILES string of the molecule is C1=C(c2ccc3cc(-c4cnc(C5CCCC5)[nH]4)ccc3c2)CC([C@@H]2CCCN2)=N1. The van der Waals surface area contributed by atoms with Crippen LogP contribution in [0.4, 0.5) is 0 Å². The first-order valence-electron chi connectivity index (χ1n) is 11.4. The lowest BCUT2D eigenvalue weighted by atomic mass is 9.96. The number of benzene rings is 2. The van der Waals surface area contributed by atoms with Gasteiger partial charge in [0, 0.05) is 35.9 Å². The lowest BCUT2D eigenvalue weighted by Crippen LogP contribution is -2.29. The fourth-order valence-electron chi connectivity index (χ4n) is 5.31.